The van der Waals surface area contributed by atoms with E-state index in [9.17, 15) is 22.4 Å². The van der Waals surface area contributed by atoms with Crippen molar-refractivity contribution in [3.05, 3.63) is 88.6 Å². The zero-order valence-corrected chi connectivity index (χ0v) is 16.5. The van der Waals surface area contributed by atoms with Gasteiger partial charge in [-0.15, -0.1) is 5.10 Å². The number of benzene rings is 2. The molecule has 0 aliphatic carbocycles. The molecule has 5 rings (SSSR count). The summed E-state index contributed by atoms with van der Waals surface area (Å²) in [6, 6.07) is 13.5. The van der Waals surface area contributed by atoms with Gasteiger partial charge >= 0.3 is 6.18 Å². The fraction of sp³-hybridized carbons (Fsp3) is 0.0455. The second-order valence-electron chi connectivity index (χ2n) is 6.99. The van der Waals surface area contributed by atoms with Crippen molar-refractivity contribution in [3.8, 4) is 11.4 Å². The number of fused-ring (bicyclic) bond motifs is 3. The number of rotatable bonds is 3. The molecule has 0 aliphatic heterocycles. The van der Waals surface area contributed by atoms with Gasteiger partial charge in [-0.05, 0) is 36.4 Å². The number of hydrogen-bond acceptors (Lipinski definition) is 6. The topological polar surface area (TPSA) is 85.1 Å². The van der Waals surface area contributed by atoms with E-state index in [2.05, 4.69) is 25.4 Å². The third kappa shape index (κ3) is 3.73. The monoisotopic (exact) mass is 452 g/mol. The number of anilines is 2. The van der Waals surface area contributed by atoms with Gasteiger partial charge in [0.2, 0.25) is 5.95 Å². The molecule has 0 saturated heterocycles. The molecule has 5 aromatic rings. The molecule has 1 N–H and O–H groups in total. The molecule has 7 nitrogen and oxygen atoms in total. The fourth-order valence-electron chi connectivity index (χ4n) is 3.36. The SMILES string of the molecule is O=c1nccccc1Nc1nc2c(C(F)(F)F)cccc2c2nc(-c3cccc(F)c3)nn12. The zero-order chi connectivity index (χ0) is 23.2. The fourth-order valence-corrected chi connectivity index (χ4v) is 3.36. The Labute approximate surface area is 182 Å². The quantitative estimate of drug-likeness (QED) is 0.403. The summed E-state index contributed by atoms with van der Waals surface area (Å²) in [5.74, 6) is -0.635. The van der Waals surface area contributed by atoms with Crippen LogP contribution in [0.3, 0.4) is 0 Å². The minimum absolute atomic E-state index is 0.0274. The normalized spacial score (nSPS) is 11.8. The Hall–Kier alpha value is -4.41. The summed E-state index contributed by atoms with van der Waals surface area (Å²) >= 11 is 0. The highest BCUT2D eigenvalue weighted by molar-refractivity contribution is 5.95. The van der Waals surface area contributed by atoms with E-state index >= 15 is 0 Å². The molecule has 0 fully saturated rings. The minimum Gasteiger partial charge on any atom is -0.319 e. The van der Waals surface area contributed by atoms with Gasteiger partial charge in [0.05, 0.1) is 11.1 Å². The van der Waals surface area contributed by atoms with Crippen LogP contribution in [-0.4, -0.2) is 24.6 Å². The molecule has 3 aromatic heterocycles. The highest BCUT2D eigenvalue weighted by Crippen LogP contribution is 2.36. The van der Waals surface area contributed by atoms with Crippen LogP contribution in [0.2, 0.25) is 0 Å². The van der Waals surface area contributed by atoms with E-state index < -0.39 is 23.1 Å². The highest BCUT2D eigenvalue weighted by atomic mass is 19.4. The zero-order valence-electron chi connectivity index (χ0n) is 16.5. The van der Waals surface area contributed by atoms with Gasteiger partial charge in [-0.3, -0.25) is 4.79 Å². The number of halogens is 4. The smallest absolute Gasteiger partial charge is 0.319 e. The van der Waals surface area contributed by atoms with Crippen molar-refractivity contribution in [2.75, 3.05) is 5.32 Å². The molecule has 11 heteroatoms. The van der Waals surface area contributed by atoms with E-state index in [4.69, 9.17) is 0 Å². The van der Waals surface area contributed by atoms with Crippen LogP contribution in [0, 0.1) is 5.82 Å². The van der Waals surface area contributed by atoms with Crippen molar-refractivity contribution in [1.29, 1.82) is 0 Å². The van der Waals surface area contributed by atoms with E-state index in [0.29, 0.717) is 5.56 Å². The van der Waals surface area contributed by atoms with Gasteiger partial charge < -0.3 is 5.32 Å². The van der Waals surface area contributed by atoms with Gasteiger partial charge in [0.15, 0.2) is 11.5 Å². The first-order valence-electron chi connectivity index (χ1n) is 9.56. The number of nitrogens with zero attached hydrogens (tertiary/aromatic N) is 5. The number of nitrogens with one attached hydrogen (secondary N) is 1. The maximum atomic E-state index is 13.7. The predicted molar refractivity (Wildman–Crippen MR) is 112 cm³/mol. The van der Waals surface area contributed by atoms with Crippen LogP contribution < -0.4 is 10.9 Å². The van der Waals surface area contributed by atoms with Crippen molar-refractivity contribution in [2.24, 2.45) is 0 Å². The van der Waals surface area contributed by atoms with Crippen LogP contribution in [-0.2, 0) is 6.18 Å². The molecule has 0 unspecified atom stereocenters. The Morgan fingerprint density at radius 1 is 0.939 bits per heavy atom. The molecule has 0 aliphatic rings. The van der Waals surface area contributed by atoms with Crippen LogP contribution in [0.15, 0.2) is 71.7 Å². The summed E-state index contributed by atoms with van der Waals surface area (Å²) in [7, 11) is 0. The molecule has 0 atom stereocenters. The van der Waals surface area contributed by atoms with Crippen molar-refractivity contribution >= 4 is 28.2 Å². The summed E-state index contributed by atoms with van der Waals surface area (Å²) in [4.78, 5) is 24.4. The standard InChI is InChI=1S/C22H12F4N6O/c23-13-6-3-5-12(11-13)18-30-19-14-7-4-8-15(22(24,25)26)17(14)29-21(32(19)31-18)28-16-9-1-2-10-27-20(16)33/h1-11H,(H,27,28,29,33). The Bertz CT molecular complexity index is 1580. The number of alkyl halides is 3. The van der Waals surface area contributed by atoms with Crippen LogP contribution in [0.4, 0.5) is 29.2 Å². The lowest BCUT2D eigenvalue weighted by atomic mass is 10.1. The van der Waals surface area contributed by atoms with Gasteiger partial charge in [-0.1, -0.05) is 24.3 Å². The first-order chi connectivity index (χ1) is 15.8. The van der Waals surface area contributed by atoms with Gasteiger partial charge in [0, 0.05) is 17.1 Å². The largest absolute Gasteiger partial charge is 0.418 e. The third-order valence-electron chi connectivity index (χ3n) is 4.82. The summed E-state index contributed by atoms with van der Waals surface area (Å²) < 4.78 is 56.0. The van der Waals surface area contributed by atoms with E-state index in [1.54, 1.807) is 6.07 Å². The van der Waals surface area contributed by atoms with Crippen molar-refractivity contribution in [2.45, 2.75) is 6.18 Å². The molecule has 0 amide bonds. The highest BCUT2D eigenvalue weighted by Gasteiger charge is 2.34. The Kier molecular flexibility index (Phi) is 4.73. The molecule has 3 heterocycles. The maximum absolute atomic E-state index is 13.7. The van der Waals surface area contributed by atoms with Crippen LogP contribution in [0.5, 0.6) is 0 Å². The number of hydrogen-bond donors (Lipinski definition) is 1. The molecule has 0 spiro atoms. The van der Waals surface area contributed by atoms with Gasteiger partial charge in [0.25, 0.3) is 5.56 Å². The lowest BCUT2D eigenvalue weighted by molar-refractivity contribution is -0.136. The van der Waals surface area contributed by atoms with Crippen molar-refractivity contribution < 1.29 is 17.6 Å². The molecular weight excluding hydrogens is 440 g/mol. The van der Waals surface area contributed by atoms with Crippen LogP contribution >= 0.6 is 0 Å². The van der Waals surface area contributed by atoms with Gasteiger partial charge in [0.1, 0.15) is 11.5 Å². The van der Waals surface area contributed by atoms with E-state index in [1.165, 1.54) is 59.2 Å². The average molecular weight is 452 g/mol. The number of aromatic nitrogens is 5. The second kappa shape index (κ2) is 7.62. The third-order valence-corrected chi connectivity index (χ3v) is 4.82. The first kappa shape index (κ1) is 20.5. The summed E-state index contributed by atoms with van der Waals surface area (Å²) in [6.07, 6.45) is -3.39. The Morgan fingerprint density at radius 2 is 1.76 bits per heavy atom. The number of para-hydroxylation sites is 1. The van der Waals surface area contributed by atoms with E-state index in [-0.39, 0.29) is 34.0 Å². The maximum Gasteiger partial charge on any atom is 0.418 e. The van der Waals surface area contributed by atoms with Gasteiger partial charge in [-0.25, -0.2) is 19.3 Å². The molecule has 0 bridgehead atoms. The van der Waals surface area contributed by atoms with Crippen molar-refractivity contribution in [1.82, 2.24) is 24.6 Å². The first-order valence-corrected chi connectivity index (χ1v) is 9.56. The molecule has 0 radical (unpaired) electrons. The van der Waals surface area contributed by atoms with Crippen molar-refractivity contribution in [3.63, 3.8) is 0 Å². The second-order valence-corrected chi connectivity index (χ2v) is 6.99. The molecule has 2 aromatic carbocycles. The van der Waals surface area contributed by atoms with Crippen LogP contribution in [0.1, 0.15) is 5.56 Å². The van der Waals surface area contributed by atoms with E-state index in [1.807, 2.05) is 0 Å². The summed E-state index contributed by atoms with van der Waals surface area (Å²) in [5.41, 5.74) is -1.65. The lowest BCUT2D eigenvalue weighted by Crippen LogP contribution is -2.13. The Morgan fingerprint density at radius 3 is 2.55 bits per heavy atom. The summed E-state index contributed by atoms with van der Waals surface area (Å²) in [6.45, 7) is 0. The Balaban J connectivity index is 1.83. The minimum atomic E-state index is -4.68. The lowest BCUT2D eigenvalue weighted by Gasteiger charge is -2.12. The van der Waals surface area contributed by atoms with Crippen LogP contribution in [0.25, 0.3) is 27.9 Å². The van der Waals surface area contributed by atoms with E-state index in [0.717, 1.165) is 6.07 Å². The molecule has 164 valence electrons. The average Bonchev–Trinajstić information content (AvgIpc) is 3.13. The van der Waals surface area contributed by atoms with Gasteiger partial charge in [-0.2, -0.15) is 17.7 Å². The molecule has 0 saturated carbocycles. The molecule has 33 heavy (non-hydrogen) atoms. The molecular formula is C22H12F4N6O. The predicted octanol–water partition coefficient (Wildman–Crippen LogP) is 4.60. The summed E-state index contributed by atoms with van der Waals surface area (Å²) in [5, 5.41) is 7.12.